The van der Waals surface area contributed by atoms with Crippen molar-refractivity contribution in [2.75, 3.05) is 11.1 Å². The largest absolute Gasteiger partial charge is 0.325 e. The summed E-state index contributed by atoms with van der Waals surface area (Å²) in [6.45, 7) is 1.91. The Morgan fingerprint density at radius 3 is 2.79 bits per heavy atom. The van der Waals surface area contributed by atoms with Crippen molar-refractivity contribution in [3.63, 3.8) is 0 Å². The van der Waals surface area contributed by atoms with E-state index in [1.165, 1.54) is 22.7 Å². The number of fused-ring (bicyclic) bond motifs is 1. The predicted octanol–water partition coefficient (Wildman–Crippen LogP) is 3.26. The van der Waals surface area contributed by atoms with Gasteiger partial charge in [-0.1, -0.05) is 42.1 Å². The van der Waals surface area contributed by atoms with E-state index in [1.807, 2.05) is 31.2 Å². The van der Waals surface area contributed by atoms with Crippen LogP contribution in [0.1, 0.15) is 5.56 Å². The molecule has 0 aliphatic carbocycles. The maximum atomic E-state index is 13.6. The maximum Gasteiger partial charge on any atom is 0.266 e. The molecule has 146 valence electrons. The number of carbonyl (C=O) groups is 1. The minimum atomic E-state index is -0.413. The van der Waals surface area contributed by atoms with Gasteiger partial charge in [0.25, 0.3) is 5.56 Å². The Bertz CT molecular complexity index is 1270. The van der Waals surface area contributed by atoms with Crippen molar-refractivity contribution >= 4 is 29.0 Å². The monoisotopic (exact) mass is 409 g/mol. The highest BCUT2D eigenvalue weighted by Crippen LogP contribution is 2.22. The molecule has 0 aliphatic rings. The Hall–Kier alpha value is -3.46. The summed E-state index contributed by atoms with van der Waals surface area (Å²) >= 11 is 1.15. The van der Waals surface area contributed by atoms with Crippen molar-refractivity contribution in [3.05, 3.63) is 76.3 Å². The van der Waals surface area contributed by atoms with Crippen LogP contribution >= 0.6 is 11.8 Å². The predicted molar refractivity (Wildman–Crippen MR) is 110 cm³/mol. The third kappa shape index (κ3) is 4.19. The van der Waals surface area contributed by atoms with Gasteiger partial charge >= 0.3 is 0 Å². The van der Waals surface area contributed by atoms with Crippen LogP contribution in [0.3, 0.4) is 0 Å². The molecular formula is C20H16FN5O2S. The second-order valence-corrected chi connectivity index (χ2v) is 7.25. The number of thioether (sulfide) groups is 1. The van der Waals surface area contributed by atoms with Crippen LogP contribution in [-0.4, -0.2) is 31.2 Å². The van der Waals surface area contributed by atoms with Gasteiger partial charge in [-0.2, -0.15) is 0 Å². The molecule has 9 heteroatoms. The molecule has 0 bridgehead atoms. The number of anilines is 1. The molecular weight excluding hydrogens is 393 g/mol. The first-order chi connectivity index (χ1) is 14.0. The van der Waals surface area contributed by atoms with Gasteiger partial charge < -0.3 is 5.32 Å². The molecule has 0 fully saturated rings. The molecule has 2 N–H and O–H groups in total. The SMILES string of the molecule is Cc1ccccc1NC(=O)CSc1nc(-c2cccc(F)c2)nc2cc(=O)[nH]n12. The molecule has 2 aromatic carbocycles. The Kier molecular flexibility index (Phi) is 5.13. The number of aryl methyl sites for hydroxylation is 1. The first-order valence-electron chi connectivity index (χ1n) is 8.73. The van der Waals surface area contributed by atoms with Crippen molar-refractivity contribution in [1.82, 2.24) is 19.6 Å². The first-order valence-corrected chi connectivity index (χ1v) is 9.72. The van der Waals surface area contributed by atoms with Gasteiger partial charge in [-0.05, 0) is 30.7 Å². The summed E-state index contributed by atoms with van der Waals surface area (Å²) in [7, 11) is 0. The molecule has 4 aromatic rings. The average molecular weight is 409 g/mol. The second kappa shape index (κ2) is 7.88. The van der Waals surface area contributed by atoms with Crippen LogP contribution in [0.2, 0.25) is 0 Å². The minimum Gasteiger partial charge on any atom is -0.325 e. The molecule has 4 rings (SSSR count). The molecule has 0 spiro atoms. The fourth-order valence-electron chi connectivity index (χ4n) is 2.77. The lowest BCUT2D eigenvalue weighted by Crippen LogP contribution is -2.15. The van der Waals surface area contributed by atoms with E-state index in [1.54, 1.807) is 12.1 Å². The average Bonchev–Trinajstić information content (AvgIpc) is 3.08. The molecule has 0 radical (unpaired) electrons. The Balaban J connectivity index is 1.61. The van der Waals surface area contributed by atoms with E-state index in [-0.39, 0.29) is 23.0 Å². The third-order valence-corrected chi connectivity index (χ3v) is 5.10. The van der Waals surface area contributed by atoms with Crippen LogP contribution in [0.5, 0.6) is 0 Å². The lowest BCUT2D eigenvalue weighted by Gasteiger charge is -2.09. The van der Waals surface area contributed by atoms with Crippen LogP contribution in [0.25, 0.3) is 17.0 Å². The zero-order chi connectivity index (χ0) is 20.4. The zero-order valence-electron chi connectivity index (χ0n) is 15.3. The number of aromatic nitrogens is 4. The van der Waals surface area contributed by atoms with E-state index in [0.29, 0.717) is 16.4 Å². The molecule has 1 amide bonds. The van der Waals surface area contributed by atoms with E-state index in [0.717, 1.165) is 23.0 Å². The normalized spacial score (nSPS) is 11.0. The van der Waals surface area contributed by atoms with Crippen LogP contribution < -0.4 is 10.9 Å². The van der Waals surface area contributed by atoms with Crippen LogP contribution in [-0.2, 0) is 4.79 Å². The molecule has 2 aromatic heterocycles. The summed E-state index contributed by atoms with van der Waals surface area (Å²) in [5.41, 5.74) is 2.17. The number of nitrogens with zero attached hydrogens (tertiary/aromatic N) is 3. The molecule has 29 heavy (non-hydrogen) atoms. The highest BCUT2D eigenvalue weighted by Gasteiger charge is 2.14. The topological polar surface area (TPSA) is 92.2 Å². The molecule has 0 saturated carbocycles. The molecule has 0 unspecified atom stereocenters. The lowest BCUT2D eigenvalue weighted by molar-refractivity contribution is -0.113. The van der Waals surface area contributed by atoms with Gasteiger partial charge in [0.05, 0.1) is 5.75 Å². The molecule has 2 heterocycles. The number of para-hydroxylation sites is 1. The summed E-state index contributed by atoms with van der Waals surface area (Å²) in [5.74, 6) is -0.282. The van der Waals surface area contributed by atoms with Crippen molar-refractivity contribution in [2.24, 2.45) is 0 Å². The highest BCUT2D eigenvalue weighted by molar-refractivity contribution is 7.99. The molecule has 7 nitrogen and oxygen atoms in total. The number of rotatable bonds is 5. The van der Waals surface area contributed by atoms with Crippen LogP contribution in [0.4, 0.5) is 10.1 Å². The number of H-pyrrole nitrogens is 1. The standard InChI is InChI=1S/C20H16FN5O2S/c1-12-5-2-3-8-15(12)22-18(28)11-29-20-24-19(13-6-4-7-14(21)9-13)23-16-10-17(27)25-26(16)20/h2-10H,11H2,1H3,(H,22,28)(H,25,27). The van der Waals surface area contributed by atoms with Gasteiger partial charge in [0.2, 0.25) is 5.91 Å². The Labute approximate surface area is 169 Å². The number of hydrogen-bond donors (Lipinski definition) is 2. The molecule has 0 atom stereocenters. The van der Waals surface area contributed by atoms with Gasteiger partial charge in [-0.3, -0.25) is 14.7 Å². The summed E-state index contributed by atoms with van der Waals surface area (Å²) in [5, 5.41) is 5.83. The third-order valence-electron chi connectivity index (χ3n) is 4.16. The minimum absolute atomic E-state index is 0.0727. The summed E-state index contributed by atoms with van der Waals surface area (Å²) < 4.78 is 15.0. The maximum absolute atomic E-state index is 13.6. The first kappa shape index (κ1) is 18.9. The number of amides is 1. The Morgan fingerprint density at radius 2 is 2.00 bits per heavy atom. The number of benzene rings is 2. The van der Waals surface area contributed by atoms with Gasteiger partial charge in [0, 0.05) is 17.3 Å². The van der Waals surface area contributed by atoms with Gasteiger partial charge in [-0.15, -0.1) is 0 Å². The summed E-state index contributed by atoms with van der Waals surface area (Å²) in [6.07, 6.45) is 0. The van der Waals surface area contributed by atoms with E-state index in [2.05, 4.69) is 20.4 Å². The number of aromatic amines is 1. The van der Waals surface area contributed by atoms with E-state index in [9.17, 15) is 14.0 Å². The van der Waals surface area contributed by atoms with Crippen LogP contribution in [0.15, 0.2) is 64.5 Å². The highest BCUT2D eigenvalue weighted by atomic mass is 32.2. The number of halogens is 1. The van der Waals surface area contributed by atoms with E-state index < -0.39 is 5.82 Å². The number of carbonyl (C=O) groups excluding carboxylic acids is 1. The van der Waals surface area contributed by atoms with Gasteiger partial charge in [-0.25, -0.2) is 18.9 Å². The van der Waals surface area contributed by atoms with Gasteiger partial charge in [0.15, 0.2) is 16.6 Å². The quantitative estimate of drug-likeness (QED) is 0.494. The summed E-state index contributed by atoms with van der Waals surface area (Å²) in [6, 6.07) is 14.7. The lowest BCUT2D eigenvalue weighted by atomic mass is 10.2. The summed E-state index contributed by atoms with van der Waals surface area (Å²) in [4.78, 5) is 32.9. The Morgan fingerprint density at radius 1 is 1.17 bits per heavy atom. The number of nitrogens with one attached hydrogen (secondary N) is 2. The van der Waals surface area contributed by atoms with Gasteiger partial charge in [0.1, 0.15) is 5.82 Å². The van der Waals surface area contributed by atoms with Crippen molar-refractivity contribution in [2.45, 2.75) is 12.1 Å². The molecule has 0 saturated heterocycles. The molecule has 0 aliphatic heterocycles. The second-order valence-electron chi connectivity index (χ2n) is 6.31. The van der Waals surface area contributed by atoms with Crippen LogP contribution in [0, 0.1) is 12.7 Å². The van der Waals surface area contributed by atoms with Crippen molar-refractivity contribution in [1.29, 1.82) is 0 Å². The zero-order valence-corrected chi connectivity index (χ0v) is 16.2. The number of hydrogen-bond acceptors (Lipinski definition) is 5. The smallest absolute Gasteiger partial charge is 0.266 e. The van der Waals surface area contributed by atoms with Crippen molar-refractivity contribution < 1.29 is 9.18 Å². The van der Waals surface area contributed by atoms with E-state index >= 15 is 0 Å². The van der Waals surface area contributed by atoms with E-state index in [4.69, 9.17) is 0 Å². The van der Waals surface area contributed by atoms with Crippen molar-refractivity contribution in [3.8, 4) is 11.4 Å². The fraction of sp³-hybridized carbons (Fsp3) is 0.100. The fourth-order valence-corrected chi connectivity index (χ4v) is 3.52.